The number of carbonyl (C=O) groups is 1. The van der Waals surface area contributed by atoms with E-state index in [1.165, 1.54) is 0 Å². The van der Waals surface area contributed by atoms with Crippen LogP contribution in [0, 0.1) is 0 Å². The molecule has 0 fully saturated rings. The number of ketones is 1. The molecule has 0 saturated heterocycles. The van der Waals surface area contributed by atoms with Gasteiger partial charge in [0, 0.05) is 0 Å². The summed E-state index contributed by atoms with van der Waals surface area (Å²) in [6, 6.07) is 0. The molecule has 1 unspecified atom stereocenters. The summed E-state index contributed by atoms with van der Waals surface area (Å²) in [4.78, 5) is 11.0. The standard InChI is InChI=1S/C8H18NOS.HI/c1-7(10)8(11-5)6-9(2,3)4;/h8H,6H2,1-5H3;1H/q+1;/p-1. The molecule has 0 amide bonds. The van der Waals surface area contributed by atoms with E-state index < -0.39 is 0 Å². The first-order chi connectivity index (χ1) is 4.87. The fourth-order valence-electron chi connectivity index (χ4n) is 0.867. The molecule has 74 valence electrons. The molecule has 4 heteroatoms. The zero-order chi connectivity index (χ0) is 9.07. The Morgan fingerprint density at radius 1 is 1.42 bits per heavy atom. The van der Waals surface area contributed by atoms with Gasteiger partial charge in [0.05, 0.1) is 27.7 Å². The number of hydrogen-bond acceptors (Lipinski definition) is 2. The highest BCUT2D eigenvalue weighted by atomic mass is 127. The zero-order valence-electron chi connectivity index (χ0n) is 8.43. The van der Waals surface area contributed by atoms with Crippen LogP contribution in [-0.2, 0) is 4.79 Å². The smallest absolute Gasteiger partial charge is 0.148 e. The molecule has 0 heterocycles. The normalized spacial score (nSPS) is 13.4. The predicted molar refractivity (Wildman–Crippen MR) is 50.9 cm³/mol. The molecular weight excluding hydrogens is 285 g/mol. The van der Waals surface area contributed by atoms with Crippen LogP contribution >= 0.6 is 11.8 Å². The van der Waals surface area contributed by atoms with E-state index >= 15 is 0 Å². The second kappa shape index (κ2) is 6.21. The molecule has 0 aromatic carbocycles. The van der Waals surface area contributed by atoms with Gasteiger partial charge in [-0.3, -0.25) is 4.79 Å². The highest BCUT2D eigenvalue weighted by molar-refractivity contribution is 7.99. The van der Waals surface area contributed by atoms with Crippen LogP contribution < -0.4 is 24.0 Å². The topological polar surface area (TPSA) is 17.1 Å². The van der Waals surface area contributed by atoms with Crippen molar-refractivity contribution in [3.05, 3.63) is 0 Å². The van der Waals surface area contributed by atoms with Crippen LogP contribution in [0.15, 0.2) is 0 Å². The second-order valence-corrected chi connectivity index (χ2v) is 4.85. The third-order valence-corrected chi connectivity index (χ3v) is 2.50. The van der Waals surface area contributed by atoms with Gasteiger partial charge >= 0.3 is 0 Å². The van der Waals surface area contributed by atoms with E-state index in [0.29, 0.717) is 0 Å². The molecule has 0 rings (SSSR count). The molecule has 0 aromatic heterocycles. The third kappa shape index (κ3) is 7.36. The lowest BCUT2D eigenvalue weighted by Crippen LogP contribution is -3.00. The number of carbonyl (C=O) groups excluding carboxylic acids is 1. The van der Waals surface area contributed by atoms with Gasteiger partial charge in [0.2, 0.25) is 0 Å². The molecule has 0 aliphatic rings. The van der Waals surface area contributed by atoms with E-state index in [1.54, 1.807) is 18.7 Å². The van der Waals surface area contributed by atoms with Gasteiger partial charge in [-0.2, -0.15) is 0 Å². The number of nitrogens with zero attached hydrogens (tertiary/aromatic N) is 1. The Morgan fingerprint density at radius 3 is 1.92 bits per heavy atom. The Bertz CT molecular complexity index is 144. The van der Waals surface area contributed by atoms with Crippen molar-refractivity contribution >= 4 is 17.5 Å². The summed E-state index contributed by atoms with van der Waals surface area (Å²) in [6.07, 6.45) is 1.99. The van der Waals surface area contributed by atoms with Crippen LogP contribution in [0.4, 0.5) is 0 Å². The van der Waals surface area contributed by atoms with Crippen LogP contribution in [0.2, 0.25) is 0 Å². The Kier molecular flexibility index (Phi) is 7.86. The Morgan fingerprint density at radius 2 is 1.83 bits per heavy atom. The zero-order valence-corrected chi connectivity index (χ0v) is 11.4. The highest BCUT2D eigenvalue weighted by Gasteiger charge is 2.20. The number of Topliss-reactive ketones (excluding diaryl/α,β-unsaturated/α-hetero) is 1. The van der Waals surface area contributed by atoms with Gasteiger partial charge in [-0.05, 0) is 13.2 Å². The summed E-state index contributed by atoms with van der Waals surface area (Å²) in [5.74, 6) is 0.283. The van der Waals surface area contributed by atoms with Crippen LogP contribution in [-0.4, -0.2) is 49.5 Å². The van der Waals surface area contributed by atoms with Crippen molar-refractivity contribution in [2.75, 3.05) is 33.9 Å². The largest absolute Gasteiger partial charge is 1.00 e. The number of quaternary nitrogens is 1. The number of rotatable bonds is 4. The quantitative estimate of drug-likeness (QED) is 0.442. The Hall–Kier alpha value is 0.710. The van der Waals surface area contributed by atoms with Gasteiger partial charge < -0.3 is 28.5 Å². The average Bonchev–Trinajstić information content (AvgIpc) is 1.80. The fourth-order valence-corrected chi connectivity index (χ4v) is 1.79. The lowest BCUT2D eigenvalue weighted by atomic mass is 10.3. The Balaban J connectivity index is 0. The van der Waals surface area contributed by atoms with Crippen molar-refractivity contribution in [2.24, 2.45) is 0 Å². The molecule has 0 radical (unpaired) electrons. The first kappa shape index (κ1) is 15.2. The maximum absolute atomic E-state index is 11.0. The van der Waals surface area contributed by atoms with Gasteiger partial charge in [0.15, 0.2) is 0 Å². The molecule has 0 aliphatic carbocycles. The number of thioether (sulfide) groups is 1. The second-order valence-electron chi connectivity index (χ2n) is 3.81. The first-order valence-corrected chi connectivity index (χ1v) is 4.99. The summed E-state index contributed by atoms with van der Waals surface area (Å²) in [6.45, 7) is 2.58. The van der Waals surface area contributed by atoms with Crippen molar-refractivity contribution in [3.63, 3.8) is 0 Å². The lowest BCUT2D eigenvalue weighted by Gasteiger charge is -2.27. The minimum absolute atomic E-state index is 0. The number of hydrogen-bond donors (Lipinski definition) is 0. The molecule has 2 nitrogen and oxygen atoms in total. The summed E-state index contributed by atoms with van der Waals surface area (Å²) < 4.78 is 0.852. The lowest BCUT2D eigenvalue weighted by molar-refractivity contribution is -0.869. The summed E-state index contributed by atoms with van der Waals surface area (Å²) in [7, 11) is 6.31. The molecular formula is C8H18INOS. The minimum atomic E-state index is 0. The molecule has 1 atom stereocenters. The SMILES string of the molecule is CSC(C[N+](C)(C)C)C(C)=O.[I-]. The maximum atomic E-state index is 11.0. The van der Waals surface area contributed by atoms with Crippen LogP contribution in [0.25, 0.3) is 0 Å². The monoisotopic (exact) mass is 303 g/mol. The van der Waals surface area contributed by atoms with Crippen LogP contribution in [0.3, 0.4) is 0 Å². The van der Waals surface area contributed by atoms with E-state index in [2.05, 4.69) is 21.1 Å². The van der Waals surface area contributed by atoms with Crippen molar-refractivity contribution < 1.29 is 33.3 Å². The molecule has 0 N–H and O–H groups in total. The summed E-state index contributed by atoms with van der Waals surface area (Å²) in [5, 5.41) is 0.162. The summed E-state index contributed by atoms with van der Waals surface area (Å²) in [5.41, 5.74) is 0. The van der Waals surface area contributed by atoms with E-state index in [1.807, 2.05) is 6.26 Å². The molecule has 0 spiro atoms. The molecule has 0 aliphatic heterocycles. The highest BCUT2D eigenvalue weighted by Crippen LogP contribution is 2.10. The molecule has 0 aromatic rings. The van der Waals surface area contributed by atoms with E-state index in [0.717, 1.165) is 11.0 Å². The van der Waals surface area contributed by atoms with E-state index in [4.69, 9.17) is 0 Å². The van der Waals surface area contributed by atoms with Crippen molar-refractivity contribution in [3.8, 4) is 0 Å². The van der Waals surface area contributed by atoms with Crippen molar-refractivity contribution in [1.82, 2.24) is 0 Å². The minimum Gasteiger partial charge on any atom is -1.00 e. The molecule has 0 bridgehead atoms. The summed E-state index contributed by atoms with van der Waals surface area (Å²) >= 11 is 1.64. The third-order valence-electron chi connectivity index (χ3n) is 1.45. The van der Waals surface area contributed by atoms with Gasteiger partial charge in [0.1, 0.15) is 11.0 Å². The van der Waals surface area contributed by atoms with Crippen molar-refractivity contribution in [2.45, 2.75) is 12.2 Å². The van der Waals surface area contributed by atoms with E-state index in [9.17, 15) is 4.79 Å². The van der Waals surface area contributed by atoms with Crippen molar-refractivity contribution in [1.29, 1.82) is 0 Å². The number of halogens is 1. The maximum Gasteiger partial charge on any atom is 0.148 e. The molecule has 12 heavy (non-hydrogen) atoms. The van der Waals surface area contributed by atoms with Crippen LogP contribution in [0.5, 0.6) is 0 Å². The van der Waals surface area contributed by atoms with Gasteiger partial charge in [-0.15, -0.1) is 11.8 Å². The van der Waals surface area contributed by atoms with Crippen LogP contribution in [0.1, 0.15) is 6.92 Å². The fraction of sp³-hybridized carbons (Fsp3) is 0.875. The predicted octanol–water partition coefficient (Wildman–Crippen LogP) is -1.98. The van der Waals surface area contributed by atoms with Gasteiger partial charge in [-0.1, -0.05) is 0 Å². The van der Waals surface area contributed by atoms with E-state index in [-0.39, 0.29) is 35.0 Å². The van der Waals surface area contributed by atoms with Gasteiger partial charge in [0.25, 0.3) is 0 Å². The van der Waals surface area contributed by atoms with Gasteiger partial charge in [-0.25, -0.2) is 0 Å². The Labute approximate surface area is 96.7 Å². The average molecular weight is 303 g/mol. The first-order valence-electron chi connectivity index (χ1n) is 3.70. The molecule has 0 saturated carbocycles.